The quantitative estimate of drug-likeness (QED) is 0.932. The Kier molecular flexibility index (Phi) is 4.36. The predicted octanol–water partition coefficient (Wildman–Crippen LogP) is 3.70. The predicted molar refractivity (Wildman–Crippen MR) is 81.8 cm³/mol. The van der Waals surface area contributed by atoms with E-state index in [1.807, 2.05) is 52.0 Å². The zero-order chi connectivity index (χ0) is 15.6. The molecule has 2 aromatic rings. The molecule has 0 bridgehead atoms. The molecule has 21 heavy (non-hydrogen) atoms. The van der Waals surface area contributed by atoms with Gasteiger partial charge in [-0.05, 0) is 33.8 Å². The summed E-state index contributed by atoms with van der Waals surface area (Å²) in [6, 6.07) is 7.52. The van der Waals surface area contributed by atoms with Gasteiger partial charge in [0, 0.05) is 11.1 Å². The first-order valence-corrected chi connectivity index (χ1v) is 6.96. The summed E-state index contributed by atoms with van der Waals surface area (Å²) in [7, 11) is 1.63. The van der Waals surface area contributed by atoms with Crippen molar-refractivity contribution in [3.05, 3.63) is 52.5 Å². The van der Waals surface area contributed by atoms with Crippen molar-refractivity contribution in [1.29, 1.82) is 0 Å². The van der Waals surface area contributed by atoms with Crippen molar-refractivity contribution in [3.8, 4) is 5.75 Å². The van der Waals surface area contributed by atoms with Crippen LogP contribution in [0.3, 0.4) is 0 Å². The summed E-state index contributed by atoms with van der Waals surface area (Å²) in [6.45, 7) is 7.51. The van der Waals surface area contributed by atoms with E-state index in [9.17, 15) is 4.79 Å². The van der Waals surface area contributed by atoms with Gasteiger partial charge in [-0.15, -0.1) is 0 Å². The van der Waals surface area contributed by atoms with E-state index in [0.717, 1.165) is 22.6 Å². The molecule has 1 unspecified atom stereocenters. The van der Waals surface area contributed by atoms with Gasteiger partial charge in [0.15, 0.2) is 0 Å². The first-order chi connectivity index (χ1) is 9.95. The molecule has 1 heterocycles. The van der Waals surface area contributed by atoms with Crippen LogP contribution in [-0.2, 0) is 0 Å². The van der Waals surface area contributed by atoms with Gasteiger partial charge in [-0.25, -0.2) is 0 Å². The summed E-state index contributed by atoms with van der Waals surface area (Å²) in [5.74, 6) is 2.07. The minimum atomic E-state index is -0.150. The molecule has 1 aromatic carbocycles. The summed E-state index contributed by atoms with van der Waals surface area (Å²) in [4.78, 5) is 12.5. The molecule has 1 aromatic heterocycles. The Morgan fingerprint density at radius 1 is 1.19 bits per heavy atom. The lowest BCUT2D eigenvalue weighted by atomic mass is 10.1. The number of aryl methyl sites for hydroxylation is 2. The molecule has 1 amide bonds. The number of ether oxygens (including phenoxy) is 1. The number of carbonyl (C=O) groups excluding carboxylic acids is 1. The van der Waals surface area contributed by atoms with Crippen LogP contribution in [-0.4, -0.2) is 13.0 Å². The van der Waals surface area contributed by atoms with Crippen LogP contribution >= 0.6 is 0 Å². The third-order valence-electron chi connectivity index (χ3n) is 3.74. The van der Waals surface area contributed by atoms with E-state index in [1.54, 1.807) is 7.11 Å². The van der Waals surface area contributed by atoms with Gasteiger partial charge in [-0.2, -0.15) is 0 Å². The molecule has 0 aliphatic carbocycles. The molecule has 1 atom stereocenters. The van der Waals surface area contributed by atoms with Crippen LogP contribution in [0.25, 0.3) is 0 Å². The highest BCUT2D eigenvalue weighted by Crippen LogP contribution is 2.26. The highest BCUT2D eigenvalue weighted by Gasteiger charge is 2.21. The smallest absolute Gasteiger partial charge is 0.255 e. The fourth-order valence-electron chi connectivity index (χ4n) is 2.50. The van der Waals surface area contributed by atoms with Crippen LogP contribution in [0.4, 0.5) is 0 Å². The Labute approximate surface area is 125 Å². The van der Waals surface area contributed by atoms with Crippen LogP contribution in [0.1, 0.15) is 46.0 Å². The average molecular weight is 287 g/mol. The number of rotatable bonds is 4. The topological polar surface area (TPSA) is 51.5 Å². The van der Waals surface area contributed by atoms with Gasteiger partial charge in [0.05, 0.1) is 18.7 Å². The summed E-state index contributed by atoms with van der Waals surface area (Å²) < 4.78 is 10.8. The van der Waals surface area contributed by atoms with E-state index < -0.39 is 0 Å². The van der Waals surface area contributed by atoms with E-state index in [1.165, 1.54) is 0 Å². The van der Waals surface area contributed by atoms with Crippen molar-refractivity contribution in [2.75, 3.05) is 7.11 Å². The molecule has 0 radical (unpaired) electrons. The van der Waals surface area contributed by atoms with Gasteiger partial charge >= 0.3 is 0 Å². The minimum absolute atomic E-state index is 0.125. The molecule has 0 spiro atoms. The number of para-hydroxylation sites is 1. The van der Waals surface area contributed by atoms with Crippen molar-refractivity contribution < 1.29 is 13.9 Å². The molecular weight excluding hydrogens is 266 g/mol. The van der Waals surface area contributed by atoms with Crippen LogP contribution < -0.4 is 10.1 Å². The first kappa shape index (κ1) is 15.2. The molecule has 0 fully saturated rings. The number of carbonyl (C=O) groups is 1. The second-order valence-electron chi connectivity index (χ2n) is 5.15. The number of hydrogen-bond acceptors (Lipinski definition) is 3. The SMILES string of the molecule is COc1ccccc1C(C)NC(=O)c1c(C)oc(C)c1C. The second kappa shape index (κ2) is 6.04. The van der Waals surface area contributed by atoms with Gasteiger partial charge in [0.25, 0.3) is 5.91 Å². The number of methoxy groups -OCH3 is 1. The van der Waals surface area contributed by atoms with Gasteiger partial charge in [-0.3, -0.25) is 4.79 Å². The molecule has 0 saturated heterocycles. The maximum atomic E-state index is 12.5. The van der Waals surface area contributed by atoms with Crippen LogP contribution in [0.5, 0.6) is 5.75 Å². The van der Waals surface area contributed by atoms with E-state index in [-0.39, 0.29) is 11.9 Å². The molecule has 112 valence electrons. The summed E-state index contributed by atoms with van der Waals surface area (Å²) >= 11 is 0. The van der Waals surface area contributed by atoms with Gasteiger partial charge in [0.1, 0.15) is 17.3 Å². The van der Waals surface area contributed by atoms with Crippen molar-refractivity contribution in [2.24, 2.45) is 0 Å². The van der Waals surface area contributed by atoms with Crippen molar-refractivity contribution in [2.45, 2.75) is 33.7 Å². The standard InChI is InChI=1S/C17H21NO3/c1-10-12(3)21-13(4)16(10)17(19)18-11(2)14-8-6-7-9-15(14)20-5/h6-9,11H,1-5H3,(H,18,19). The Balaban J connectivity index is 2.23. The molecule has 4 heteroatoms. The Morgan fingerprint density at radius 2 is 1.86 bits per heavy atom. The monoisotopic (exact) mass is 287 g/mol. The molecule has 0 aliphatic heterocycles. The highest BCUT2D eigenvalue weighted by molar-refractivity contribution is 5.97. The van der Waals surface area contributed by atoms with Crippen LogP contribution in [0.15, 0.2) is 28.7 Å². The lowest BCUT2D eigenvalue weighted by molar-refractivity contribution is 0.0937. The fraction of sp³-hybridized carbons (Fsp3) is 0.353. The van der Waals surface area contributed by atoms with Gasteiger partial charge in [-0.1, -0.05) is 18.2 Å². The van der Waals surface area contributed by atoms with Crippen molar-refractivity contribution in [1.82, 2.24) is 5.32 Å². The number of benzene rings is 1. The summed E-state index contributed by atoms with van der Waals surface area (Å²) in [6.07, 6.45) is 0. The van der Waals surface area contributed by atoms with Gasteiger partial charge in [0.2, 0.25) is 0 Å². The first-order valence-electron chi connectivity index (χ1n) is 6.96. The molecule has 1 N–H and O–H groups in total. The van der Waals surface area contributed by atoms with E-state index in [4.69, 9.17) is 9.15 Å². The molecular formula is C17H21NO3. The third-order valence-corrected chi connectivity index (χ3v) is 3.74. The van der Waals surface area contributed by atoms with Crippen molar-refractivity contribution in [3.63, 3.8) is 0 Å². The Morgan fingerprint density at radius 3 is 2.43 bits per heavy atom. The zero-order valence-corrected chi connectivity index (χ0v) is 13.1. The lowest BCUT2D eigenvalue weighted by Crippen LogP contribution is -2.27. The summed E-state index contributed by atoms with van der Waals surface area (Å²) in [5, 5.41) is 3.00. The molecule has 2 rings (SSSR count). The second-order valence-corrected chi connectivity index (χ2v) is 5.15. The Hall–Kier alpha value is -2.23. The number of hydrogen-bond donors (Lipinski definition) is 1. The number of nitrogens with one attached hydrogen (secondary N) is 1. The molecule has 0 aliphatic rings. The third kappa shape index (κ3) is 2.94. The fourth-order valence-corrected chi connectivity index (χ4v) is 2.50. The number of furan rings is 1. The van der Waals surface area contributed by atoms with E-state index >= 15 is 0 Å². The Bertz CT molecular complexity index is 658. The largest absolute Gasteiger partial charge is 0.496 e. The van der Waals surface area contributed by atoms with Crippen molar-refractivity contribution >= 4 is 5.91 Å². The molecule has 4 nitrogen and oxygen atoms in total. The number of amides is 1. The lowest BCUT2D eigenvalue weighted by Gasteiger charge is -2.17. The van der Waals surface area contributed by atoms with E-state index in [2.05, 4.69) is 5.32 Å². The summed E-state index contributed by atoms with van der Waals surface area (Å²) in [5.41, 5.74) is 2.45. The highest BCUT2D eigenvalue weighted by atomic mass is 16.5. The van der Waals surface area contributed by atoms with Crippen LogP contribution in [0.2, 0.25) is 0 Å². The van der Waals surface area contributed by atoms with Crippen LogP contribution in [0, 0.1) is 20.8 Å². The maximum Gasteiger partial charge on any atom is 0.255 e. The molecule has 0 saturated carbocycles. The minimum Gasteiger partial charge on any atom is -0.496 e. The average Bonchev–Trinajstić information content (AvgIpc) is 2.71. The normalized spacial score (nSPS) is 12.0. The maximum absolute atomic E-state index is 12.5. The van der Waals surface area contributed by atoms with E-state index in [0.29, 0.717) is 11.3 Å². The van der Waals surface area contributed by atoms with Gasteiger partial charge < -0.3 is 14.5 Å². The zero-order valence-electron chi connectivity index (χ0n) is 13.1.